The summed E-state index contributed by atoms with van der Waals surface area (Å²) >= 11 is 7.36. The van der Waals surface area contributed by atoms with Crippen LogP contribution in [0.5, 0.6) is 5.75 Å². The number of benzene rings is 2. The van der Waals surface area contributed by atoms with Gasteiger partial charge in [-0.25, -0.2) is 15.4 Å². The van der Waals surface area contributed by atoms with E-state index >= 15 is 0 Å². The van der Waals surface area contributed by atoms with Crippen LogP contribution >= 0.6 is 23.4 Å². The minimum absolute atomic E-state index is 0.191. The summed E-state index contributed by atoms with van der Waals surface area (Å²) in [5.74, 6) is 0.685. The van der Waals surface area contributed by atoms with Crippen LogP contribution < -0.4 is 10.2 Å². The van der Waals surface area contributed by atoms with Crippen LogP contribution in [0.15, 0.2) is 77.2 Å². The first kappa shape index (κ1) is 19.9. The Bertz CT molecular complexity index is 936. The third-order valence-corrected chi connectivity index (χ3v) is 4.75. The summed E-state index contributed by atoms with van der Waals surface area (Å²) in [7, 11) is 0. The van der Waals surface area contributed by atoms with Gasteiger partial charge in [-0.3, -0.25) is 4.79 Å². The number of thioether (sulfide) groups is 1. The SMILES string of the molecule is O=C(CSc1ncccn1)N/N=C\c1ccc(OCc2ccccc2Cl)cc1. The van der Waals surface area contributed by atoms with E-state index in [2.05, 4.69) is 20.5 Å². The number of nitrogens with zero attached hydrogens (tertiary/aromatic N) is 3. The van der Waals surface area contributed by atoms with E-state index in [0.717, 1.165) is 16.9 Å². The number of rotatable bonds is 8. The molecule has 0 aliphatic carbocycles. The zero-order valence-corrected chi connectivity index (χ0v) is 16.4. The second-order valence-corrected chi connectivity index (χ2v) is 6.91. The smallest absolute Gasteiger partial charge is 0.250 e. The minimum atomic E-state index is -0.228. The summed E-state index contributed by atoms with van der Waals surface area (Å²) < 4.78 is 5.73. The number of ether oxygens (including phenoxy) is 1. The molecule has 3 rings (SSSR count). The van der Waals surface area contributed by atoms with Crippen LogP contribution in [-0.4, -0.2) is 27.8 Å². The lowest BCUT2D eigenvalue weighted by Gasteiger charge is -2.07. The number of hydrogen-bond acceptors (Lipinski definition) is 6. The molecule has 1 aromatic heterocycles. The largest absolute Gasteiger partial charge is 0.489 e. The number of halogens is 1. The van der Waals surface area contributed by atoms with Gasteiger partial charge in [0.05, 0.1) is 12.0 Å². The van der Waals surface area contributed by atoms with Gasteiger partial charge in [0.15, 0.2) is 5.16 Å². The van der Waals surface area contributed by atoms with Gasteiger partial charge >= 0.3 is 0 Å². The molecule has 0 fully saturated rings. The molecule has 142 valence electrons. The van der Waals surface area contributed by atoms with Crippen LogP contribution in [0.3, 0.4) is 0 Å². The van der Waals surface area contributed by atoms with Crippen molar-refractivity contribution in [1.29, 1.82) is 0 Å². The van der Waals surface area contributed by atoms with Crippen molar-refractivity contribution in [2.45, 2.75) is 11.8 Å². The molecule has 1 heterocycles. The van der Waals surface area contributed by atoms with Crippen molar-refractivity contribution < 1.29 is 9.53 Å². The highest BCUT2D eigenvalue weighted by Gasteiger charge is 2.03. The van der Waals surface area contributed by atoms with Gasteiger partial charge in [-0.1, -0.05) is 41.6 Å². The maximum atomic E-state index is 11.8. The van der Waals surface area contributed by atoms with E-state index in [1.165, 1.54) is 11.8 Å². The Hall–Kier alpha value is -2.90. The van der Waals surface area contributed by atoms with Gasteiger partial charge in [0, 0.05) is 23.0 Å². The summed E-state index contributed by atoms with van der Waals surface area (Å²) in [5.41, 5.74) is 4.24. The predicted molar refractivity (Wildman–Crippen MR) is 111 cm³/mol. The molecular formula is C20H17ClN4O2S. The summed E-state index contributed by atoms with van der Waals surface area (Å²) in [6.45, 7) is 0.395. The molecule has 28 heavy (non-hydrogen) atoms. The molecule has 0 saturated heterocycles. The van der Waals surface area contributed by atoms with Crippen LogP contribution in [0.2, 0.25) is 5.02 Å². The molecule has 0 atom stereocenters. The molecule has 0 radical (unpaired) electrons. The van der Waals surface area contributed by atoms with Crippen molar-refractivity contribution in [2.24, 2.45) is 5.10 Å². The van der Waals surface area contributed by atoms with E-state index in [4.69, 9.17) is 16.3 Å². The maximum absolute atomic E-state index is 11.8. The zero-order chi connectivity index (χ0) is 19.6. The summed E-state index contributed by atoms with van der Waals surface area (Å²) in [6, 6.07) is 16.7. The lowest BCUT2D eigenvalue weighted by molar-refractivity contribution is -0.118. The van der Waals surface area contributed by atoms with Gasteiger partial charge in [0.1, 0.15) is 12.4 Å². The maximum Gasteiger partial charge on any atom is 0.250 e. The normalized spacial score (nSPS) is 10.8. The van der Waals surface area contributed by atoms with Crippen LogP contribution in [0, 0.1) is 0 Å². The van der Waals surface area contributed by atoms with Gasteiger partial charge in [0.25, 0.3) is 5.91 Å². The lowest BCUT2D eigenvalue weighted by Crippen LogP contribution is -2.19. The van der Waals surface area contributed by atoms with E-state index in [0.29, 0.717) is 16.8 Å². The average molecular weight is 413 g/mol. The fourth-order valence-corrected chi connectivity index (χ4v) is 2.91. The molecule has 0 bridgehead atoms. The van der Waals surface area contributed by atoms with Crippen molar-refractivity contribution in [3.63, 3.8) is 0 Å². The number of nitrogens with one attached hydrogen (secondary N) is 1. The average Bonchev–Trinajstić information content (AvgIpc) is 2.73. The van der Waals surface area contributed by atoms with Crippen LogP contribution in [0.4, 0.5) is 0 Å². The highest BCUT2D eigenvalue weighted by atomic mass is 35.5. The second-order valence-electron chi connectivity index (χ2n) is 5.56. The number of carbonyl (C=O) groups is 1. The number of aromatic nitrogens is 2. The Morgan fingerprint density at radius 2 is 1.86 bits per heavy atom. The Kier molecular flexibility index (Phi) is 7.40. The second kappa shape index (κ2) is 10.4. The number of hydrazone groups is 1. The third-order valence-electron chi connectivity index (χ3n) is 3.51. The molecular weight excluding hydrogens is 396 g/mol. The number of hydrogen-bond donors (Lipinski definition) is 1. The van der Waals surface area contributed by atoms with E-state index in [-0.39, 0.29) is 11.7 Å². The van der Waals surface area contributed by atoms with E-state index in [1.54, 1.807) is 24.7 Å². The summed E-state index contributed by atoms with van der Waals surface area (Å²) in [6.07, 6.45) is 4.83. The topological polar surface area (TPSA) is 76.5 Å². The van der Waals surface area contributed by atoms with Crippen molar-refractivity contribution >= 4 is 35.5 Å². The molecule has 0 unspecified atom stereocenters. The summed E-state index contributed by atoms with van der Waals surface area (Å²) in [4.78, 5) is 19.9. The molecule has 1 N–H and O–H groups in total. The molecule has 2 aromatic carbocycles. The molecule has 0 aliphatic rings. The molecule has 1 amide bonds. The predicted octanol–water partition coefficient (Wildman–Crippen LogP) is 3.95. The minimum Gasteiger partial charge on any atom is -0.489 e. The van der Waals surface area contributed by atoms with Crippen molar-refractivity contribution in [1.82, 2.24) is 15.4 Å². The van der Waals surface area contributed by atoms with Crippen LogP contribution in [-0.2, 0) is 11.4 Å². The third kappa shape index (κ3) is 6.37. The zero-order valence-electron chi connectivity index (χ0n) is 14.8. The molecule has 6 nitrogen and oxygen atoms in total. The van der Waals surface area contributed by atoms with Crippen molar-refractivity contribution in [3.8, 4) is 5.75 Å². The quantitative estimate of drug-likeness (QED) is 0.262. The fraction of sp³-hybridized carbons (Fsp3) is 0.100. The van der Waals surface area contributed by atoms with Gasteiger partial charge < -0.3 is 4.74 Å². The van der Waals surface area contributed by atoms with Crippen molar-refractivity contribution in [3.05, 3.63) is 83.1 Å². The van der Waals surface area contributed by atoms with Gasteiger partial charge in [-0.05, 0) is 42.0 Å². The van der Waals surface area contributed by atoms with Crippen LogP contribution in [0.25, 0.3) is 0 Å². The Morgan fingerprint density at radius 3 is 2.61 bits per heavy atom. The van der Waals surface area contributed by atoms with Gasteiger partial charge in [-0.2, -0.15) is 5.10 Å². The standard InChI is InChI=1S/C20H17ClN4O2S/c21-18-5-2-1-4-16(18)13-27-17-8-6-15(7-9-17)12-24-25-19(26)14-28-20-22-10-3-11-23-20/h1-12H,13-14H2,(H,25,26)/b24-12-. The molecule has 3 aromatic rings. The highest BCUT2D eigenvalue weighted by Crippen LogP contribution is 2.18. The Labute approximate surface area is 172 Å². The first-order chi connectivity index (χ1) is 13.7. The highest BCUT2D eigenvalue weighted by molar-refractivity contribution is 7.99. The fourth-order valence-electron chi connectivity index (χ4n) is 2.13. The van der Waals surface area contributed by atoms with E-state index in [1.807, 2.05) is 48.5 Å². The van der Waals surface area contributed by atoms with E-state index in [9.17, 15) is 4.79 Å². The van der Waals surface area contributed by atoms with Gasteiger partial charge in [0.2, 0.25) is 0 Å². The number of carbonyl (C=O) groups excluding carboxylic acids is 1. The Balaban J connectivity index is 1.43. The summed E-state index contributed by atoms with van der Waals surface area (Å²) in [5, 5.41) is 5.18. The lowest BCUT2D eigenvalue weighted by atomic mass is 10.2. The Morgan fingerprint density at radius 1 is 1.11 bits per heavy atom. The molecule has 0 spiro atoms. The first-order valence-electron chi connectivity index (χ1n) is 8.39. The van der Waals surface area contributed by atoms with Gasteiger partial charge in [-0.15, -0.1) is 0 Å². The van der Waals surface area contributed by atoms with E-state index < -0.39 is 0 Å². The first-order valence-corrected chi connectivity index (χ1v) is 9.75. The monoisotopic (exact) mass is 412 g/mol. The van der Waals surface area contributed by atoms with Crippen molar-refractivity contribution in [2.75, 3.05) is 5.75 Å². The number of amides is 1. The molecule has 0 saturated carbocycles. The molecule has 8 heteroatoms. The van der Waals surface area contributed by atoms with Crippen LogP contribution in [0.1, 0.15) is 11.1 Å². The molecule has 0 aliphatic heterocycles.